The third-order valence-corrected chi connectivity index (χ3v) is 10.7. The predicted octanol–water partition coefficient (Wildman–Crippen LogP) is 13.5. The molecule has 0 aromatic heterocycles. The molecule has 0 radical (unpaired) electrons. The highest BCUT2D eigenvalue weighted by molar-refractivity contribution is 5.92. The van der Waals surface area contributed by atoms with Crippen LogP contribution in [0.4, 0.5) is 17.6 Å². The van der Waals surface area contributed by atoms with E-state index in [4.69, 9.17) is 28.4 Å². The molecule has 362 valence electrons. The zero-order valence-electron chi connectivity index (χ0n) is 38.2. The van der Waals surface area contributed by atoms with Crippen LogP contribution in [0.3, 0.4) is 0 Å². The summed E-state index contributed by atoms with van der Waals surface area (Å²) in [5.74, 6) is -13.9. The first kappa shape index (κ1) is 54.7. The largest absolute Gasteiger partial charge is 0.494 e. The molecule has 10 nitrogen and oxygen atoms in total. The van der Waals surface area contributed by atoms with Gasteiger partial charge in [-0.1, -0.05) is 129 Å². The molecule has 0 saturated heterocycles. The minimum atomic E-state index is -2.06. The van der Waals surface area contributed by atoms with Crippen LogP contribution < -0.4 is 18.9 Å². The van der Waals surface area contributed by atoms with E-state index in [0.29, 0.717) is 37.9 Å². The summed E-state index contributed by atoms with van der Waals surface area (Å²) in [5, 5.41) is 0. The molecule has 0 amide bonds. The Morgan fingerprint density at radius 2 is 0.621 bits per heavy atom. The molecular weight excluding hydrogens is 861 g/mol. The quantitative estimate of drug-likeness (QED) is 0.0139. The number of benzene rings is 3. The number of rotatable bonds is 36. The van der Waals surface area contributed by atoms with Crippen LogP contribution in [0.2, 0.25) is 0 Å². The van der Waals surface area contributed by atoms with Gasteiger partial charge in [-0.3, -0.25) is 0 Å². The van der Waals surface area contributed by atoms with Gasteiger partial charge in [0.15, 0.2) is 0 Å². The molecule has 3 aromatic rings. The summed E-state index contributed by atoms with van der Waals surface area (Å²) in [6, 6.07) is 11.0. The van der Waals surface area contributed by atoms with Crippen molar-refractivity contribution in [3.8, 4) is 23.0 Å². The molecule has 3 rings (SSSR count). The maximum Gasteiger partial charge on any atom is 0.343 e. The normalized spacial score (nSPS) is 10.8. The molecular formula is C52H66F4O10. The smallest absolute Gasteiger partial charge is 0.343 e. The van der Waals surface area contributed by atoms with Crippen LogP contribution in [-0.4, -0.2) is 50.3 Å². The van der Waals surface area contributed by atoms with Gasteiger partial charge in [0.25, 0.3) is 0 Å². The zero-order chi connectivity index (χ0) is 47.8. The molecule has 14 heteroatoms. The third kappa shape index (κ3) is 21.6. The van der Waals surface area contributed by atoms with Gasteiger partial charge in [0, 0.05) is 12.2 Å². The van der Waals surface area contributed by atoms with Crippen LogP contribution in [0.25, 0.3) is 0 Å². The number of hydrogen-bond donors (Lipinski definition) is 0. The van der Waals surface area contributed by atoms with Gasteiger partial charge in [-0.2, -0.15) is 17.6 Å². The van der Waals surface area contributed by atoms with Crippen molar-refractivity contribution >= 4 is 23.9 Å². The van der Waals surface area contributed by atoms with Crippen molar-refractivity contribution in [2.45, 2.75) is 141 Å². The lowest BCUT2D eigenvalue weighted by atomic mass is 10.1. The number of hydrogen-bond acceptors (Lipinski definition) is 10. The molecule has 0 spiro atoms. The van der Waals surface area contributed by atoms with Crippen molar-refractivity contribution in [1.29, 1.82) is 0 Å². The molecule has 0 aliphatic rings. The molecule has 0 fully saturated rings. The number of esters is 4. The third-order valence-electron chi connectivity index (χ3n) is 10.7. The molecule has 0 saturated carbocycles. The first-order valence-electron chi connectivity index (χ1n) is 23.4. The fourth-order valence-corrected chi connectivity index (χ4v) is 6.88. The molecule has 0 atom stereocenters. The second-order valence-corrected chi connectivity index (χ2v) is 16.0. The van der Waals surface area contributed by atoms with Crippen molar-refractivity contribution in [2.75, 3.05) is 26.4 Å². The Morgan fingerprint density at radius 3 is 0.879 bits per heavy atom. The van der Waals surface area contributed by atoms with Gasteiger partial charge in [-0.25, -0.2) is 19.2 Å². The summed E-state index contributed by atoms with van der Waals surface area (Å²) >= 11 is 0. The van der Waals surface area contributed by atoms with E-state index in [1.165, 1.54) is 99.2 Å². The maximum absolute atomic E-state index is 15.0. The Balaban J connectivity index is 1.29. The average Bonchev–Trinajstić information content (AvgIpc) is 3.33. The van der Waals surface area contributed by atoms with E-state index in [0.717, 1.165) is 103 Å². The molecule has 0 aliphatic heterocycles. The fraction of sp³-hybridized carbons (Fsp3) is 0.500. The highest BCUT2D eigenvalue weighted by Crippen LogP contribution is 2.36. The molecule has 0 bridgehead atoms. The summed E-state index contributed by atoms with van der Waals surface area (Å²) in [7, 11) is 0. The molecule has 0 N–H and O–H groups in total. The Bertz CT molecular complexity index is 1770. The van der Waals surface area contributed by atoms with Crippen LogP contribution in [0, 0.1) is 23.3 Å². The van der Waals surface area contributed by atoms with E-state index in [2.05, 4.69) is 13.2 Å². The van der Waals surface area contributed by atoms with E-state index in [-0.39, 0.29) is 23.1 Å². The average molecular weight is 927 g/mol. The first-order chi connectivity index (χ1) is 32.0. The van der Waals surface area contributed by atoms with Crippen molar-refractivity contribution in [3.63, 3.8) is 0 Å². The van der Waals surface area contributed by atoms with Gasteiger partial charge < -0.3 is 28.4 Å². The van der Waals surface area contributed by atoms with E-state index in [1.807, 2.05) is 0 Å². The topological polar surface area (TPSA) is 124 Å². The Hall–Kier alpha value is -5.66. The Kier molecular flexibility index (Phi) is 27.3. The van der Waals surface area contributed by atoms with Crippen LogP contribution in [-0.2, 0) is 19.1 Å². The van der Waals surface area contributed by atoms with Crippen LogP contribution in [0.1, 0.15) is 162 Å². The summed E-state index contributed by atoms with van der Waals surface area (Å²) < 4.78 is 90.7. The minimum absolute atomic E-state index is 0.160. The van der Waals surface area contributed by atoms with Crippen molar-refractivity contribution in [3.05, 3.63) is 108 Å². The SMILES string of the molecule is C=CC(=O)OCCCCCCCCCCCCCOc1ccc(C(=O)Oc2c(F)c(F)c(OC(=O)c3ccc(OCCCCCCCCCCCCCOC(=O)C=C)cc3)c(F)c2F)cc1. The Labute approximate surface area is 387 Å². The molecule has 3 aromatic carbocycles. The van der Waals surface area contributed by atoms with Gasteiger partial charge in [0.2, 0.25) is 34.8 Å². The van der Waals surface area contributed by atoms with E-state index >= 15 is 0 Å². The summed E-state index contributed by atoms with van der Waals surface area (Å²) in [5.41, 5.74) is -0.319. The number of ether oxygens (including phenoxy) is 6. The van der Waals surface area contributed by atoms with Gasteiger partial charge in [0.05, 0.1) is 37.6 Å². The summed E-state index contributed by atoms with van der Waals surface area (Å²) in [6.45, 7) is 8.51. The molecule has 0 aliphatic carbocycles. The standard InChI is InChI=1S/C52H66F4O10/c1-3-43(57)63-37-25-21-17-13-9-5-7-11-15-19-23-35-61-41-31-27-39(28-32-41)51(59)65-49-45(53)47(55)50(48(56)46(49)54)66-52(60)40-29-33-42(34-30-40)62-36-24-20-16-12-8-6-10-14-18-22-26-38-64-44(58)4-2/h3-4,27-34H,1-2,5-26,35-38H2. The summed E-state index contributed by atoms with van der Waals surface area (Å²) in [4.78, 5) is 47.4. The summed E-state index contributed by atoms with van der Waals surface area (Å²) in [6.07, 6.45) is 25.9. The van der Waals surface area contributed by atoms with E-state index in [1.54, 1.807) is 0 Å². The monoisotopic (exact) mass is 926 g/mol. The van der Waals surface area contributed by atoms with Crippen molar-refractivity contribution in [1.82, 2.24) is 0 Å². The Morgan fingerprint density at radius 1 is 0.379 bits per heavy atom. The molecule has 0 heterocycles. The fourth-order valence-electron chi connectivity index (χ4n) is 6.88. The highest BCUT2D eigenvalue weighted by Gasteiger charge is 2.31. The predicted molar refractivity (Wildman–Crippen MR) is 244 cm³/mol. The minimum Gasteiger partial charge on any atom is -0.494 e. The zero-order valence-corrected chi connectivity index (χ0v) is 38.2. The van der Waals surface area contributed by atoms with Crippen LogP contribution >= 0.6 is 0 Å². The second kappa shape index (κ2) is 32.9. The number of halogens is 4. The van der Waals surface area contributed by atoms with Gasteiger partial charge in [-0.05, 0) is 74.2 Å². The van der Waals surface area contributed by atoms with Gasteiger partial charge in [0.1, 0.15) is 11.5 Å². The van der Waals surface area contributed by atoms with Crippen molar-refractivity contribution in [2.24, 2.45) is 0 Å². The lowest BCUT2D eigenvalue weighted by Gasteiger charge is -2.13. The number of carbonyl (C=O) groups excluding carboxylic acids is 4. The first-order valence-corrected chi connectivity index (χ1v) is 23.4. The van der Waals surface area contributed by atoms with Crippen LogP contribution in [0.15, 0.2) is 73.8 Å². The highest BCUT2D eigenvalue weighted by atomic mass is 19.2. The molecule has 66 heavy (non-hydrogen) atoms. The number of carbonyl (C=O) groups is 4. The number of unbranched alkanes of at least 4 members (excludes halogenated alkanes) is 20. The lowest BCUT2D eigenvalue weighted by molar-refractivity contribution is -0.138. The van der Waals surface area contributed by atoms with Crippen molar-refractivity contribution < 1.29 is 65.2 Å². The second-order valence-electron chi connectivity index (χ2n) is 16.0. The van der Waals surface area contributed by atoms with Crippen LogP contribution in [0.5, 0.6) is 23.0 Å². The van der Waals surface area contributed by atoms with E-state index < -0.39 is 46.7 Å². The molecule has 0 unspecified atom stereocenters. The lowest BCUT2D eigenvalue weighted by Crippen LogP contribution is -2.16. The van der Waals surface area contributed by atoms with Gasteiger partial charge in [-0.15, -0.1) is 0 Å². The van der Waals surface area contributed by atoms with Gasteiger partial charge >= 0.3 is 23.9 Å². The maximum atomic E-state index is 15.0. The van der Waals surface area contributed by atoms with E-state index in [9.17, 15) is 36.7 Å².